The summed E-state index contributed by atoms with van der Waals surface area (Å²) in [5.74, 6) is 0. The number of hydrogen-bond acceptors (Lipinski definition) is 2. The standard InChI is InChI=1S/C12H17BrN2.2ClH/c13-11-4-1-3-10(7-11)8-15-12-5-2-6-14-9-12;;/h1,3-4,7,12,14-15H,2,5-6,8-9H2;2*1H. The van der Waals surface area contributed by atoms with Crippen LogP contribution in [0, 0.1) is 0 Å². The Morgan fingerprint density at radius 3 is 2.82 bits per heavy atom. The predicted octanol–water partition coefficient (Wildman–Crippen LogP) is 3.13. The summed E-state index contributed by atoms with van der Waals surface area (Å²) in [6, 6.07) is 9.11. The van der Waals surface area contributed by atoms with Crippen molar-refractivity contribution in [2.75, 3.05) is 13.1 Å². The molecule has 1 aromatic carbocycles. The largest absolute Gasteiger partial charge is 0.315 e. The first kappa shape index (κ1) is 17.2. The summed E-state index contributed by atoms with van der Waals surface area (Å²) in [6.07, 6.45) is 2.58. The van der Waals surface area contributed by atoms with Crippen LogP contribution >= 0.6 is 40.7 Å². The zero-order valence-corrected chi connectivity index (χ0v) is 12.8. The van der Waals surface area contributed by atoms with Gasteiger partial charge in [-0.15, -0.1) is 24.8 Å². The molecular weight excluding hydrogens is 323 g/mol. The lowest BCUT2D eigenvalue weighted by molar-refractivity contribution is 0.389. The van der Waals surface area contributed by atoms with Gasteiger partial charge in [-0.3, -0.25) is 0 Å². The highest BCUT2D eigenvalue weighted by atomic mass is 79.9. The van der Waals surface area contributed by atoms with E-state index in [1.165, 1.54) is 24.9 Å². The third-order valence-corrected chi connectivity index (χ3v) is 3.27. The summed E-state index contributed by atoms with van der Waals surface area (Å²) in [5.41, 5.74) is 1.34. The number of benzene rings is 1. The Morgan fingerprint density at radius 1 is 1.35 bits per heavy atom. The van der Waals surface area contributed by atoms with Crippen molar-refractivity contribution in [2.45, 2.75) is 25.4 Å². The predicted molar refractivity (Wildman–Crippen MR) is 81.4 cm³/mol. The van der Waals surface area contributed by atoms with Crippen molar-refractivity contribution in [3.8, 4) is 0 Å². The second-order valence-electron chi connectivity index (χ2n) is 4.05. The molecule has 5 heteroatoms. The molecule has 0 bridgehead atoms. The zero-order chi connectivity index (χ0) is 10.5. The van der Waals surface area contributed by atoms with E-state index in [1.54, 1.807) is 0 Å². The molecule has 1 aliphatic rings. The summed E-state index contributed by atoms with van der Waals surface area (Å²) in [7, 11) is 0. The molecule has 0 spiro atoms. The molecule has 2 N–H and O–H groups in total. The third kappa shape index (κ3) is 6.07. The van der Waals surface area contributed by atoms with Gasteiger partial charge in [0.15, 0.2) is 0 Å². The fraction of sp³-hybridized carbons (Fsp3) is 0.500. The minimum Gasteiger partial charge on any atom is -0.315 e. The zero-order valence-electron chi connectivity index (χ0n) is 9.62. The first-order valence-corrected chi connectivity index (χ1v) is 6.32. The van der Waals surface area contributed by atoms with Crippen molar-refractivity contribution in [3.63, 3.8) is 0 Å². The SMILES string of the molecule is Brc1cccc(CNC2CCCNC2)c1.Cl.Cl. The van der Waals surface area contributed by atoms with E-state index in [0.717, 1.165) is 17.6 Å². The summed E-state index contributed by atoms with van der Waals surface area (Å²) in [5, 5.41) is 6.99. The average Bonchev–Trinajstić information content (AvgIpc) is 2.28. The van der Waals surface area contributed by atoms with Gasteiger partial charge in [0.05, 0.1) is 0 Å². The molecule has 1 atom stereocenters. The van der Waals surface area contributed by atoms with E-state index in [9.17, 15) is 0 Å². The van der Waals surface area contributed by atoms with Crippen LogP contribution in [0.4, 0.5) is 0 Å². The van der Waals surface area contributed by atoms with E-state index < -0.39 is 0 Å². The minimum atomic E-state index is 0. The van der Waals surface area contributed by atoms with Gasteiger partial charge < -0.3 is 10.6 Å². The van der Waals surface area contributed by atoms with Gasteiger partial charge in [0.25, 0.3) is 0 Å². The van der Waals surface area contributed by atoms with Crippen LogP contribution in [-0.4, -0.2) is 19.1 Å². The molecule has 1 saturated heterocycles. The van der Waals surface area contributed by atoms with Gasteiger partial charge in [0.1, 0.15) is 0 Å². The molecule has 2 rings (SSSR count). The van der Waals surface area contributed by atoms with Crippen molar-refractivity contribution in [2.24, 2.45) is 0 Å². The maximum Gasteiger partial charge on any atom is 0.0209 e. The molecule has 2 nitrogen and oxygen atoms in total. The van der Waals surface area contributed by atoms with Crippen molar-refractivity contribution < 1.29 is 0 Å². The number of rotatable bonds is 3. The second kappa shape index (κ2) is 9.17. The van der Waals surface area contributed by atoms with Gasteiger partial charge >= 0.3 is 0 Å². The van der Waals surface area contributed by atoms with Crippen LogP contribution < -0.4 is 10.6 Å². The Kier molecular flexibility index (Phi) is 9.28. The van der Waals surface area contributed by atoms with Crippen molar-refractivity contribution >= 4 is 40.7 Å². The summed E-state index contributed by atoms with van der Waals surface area (Å²) in [4.78, 5) is 0. The van der Waals surface area contributed by atoms with Crippen LogP contribution in [0.15, 0.2) is 28.7 Å². The van der Waals surface area contributed by atoms with Gasteiger partial charge in [-0.2, -0.15) is 0 Å². The molecule has 0 radical (unpaired) electrons. The fourth-order valence-electron chi connectivity index (χ4n) is 1.94. The van der Waals surface area contributed by atoms with Crippen LogP contribution in [0.2, 0.25) is 0 Å². The Morgan fingerprint density at radius 2 is 2.18 bits per heavy atom. The van der Waals surface area contributed by atoms with Gasteiger partial charge in [0, 0.05) is 23.6 Å². The number of piperidine rings is 1. The quantitative estimate of drug-likeness (QED) is 0.882. The average molecular weight is 342 g/mol. The van der Waals surface area contributed by atoms with Crippen molar-refractivity contribution in [1.82, 2.24) is 10.6 Å². The van der Waals surface area contributed by atoms with E-state index in [2.05, 4.69) is 50.8 Å². The monoisotopic (exact) mass is 340 g/mol. The molecule has 0 aromatic heterocycles. The molecule has 0 amide bonds. The highest BCUT2D eigenvalue weighted by Gasteiger charge is 2.11. The van der Waals surface area contributed by atoms with Crippen LogP contribution in [0.3, 0.4) is 0 Å². The molecule has 1 unspecified atom stereocenters. The normalized spacial score (nSPS) is 19.0. The lowest BCUT2D eigenvalue weighted by Crippen LogP contribution is -2.42. The lowest BCUT2D eigenvalue weighted by atomic mass is 10.1. The van der Waals surface area contributed by atoms with E-state index in [1.807, 2.05) is 0 Å². The van der Waals surface area contributed by atoms with Crippen LogP contribution in [-0.2, 0) is 6.54 Å². The van der Waals surface area contributed by atoms with Gasteiger partial charge in [0.2, 0.25) is 0 Å². The first-order valence-electron chi connectivity index (χ1n) is 5.53. The molecule has 0 saturated carbocycles. The number of halogens is 3. The molecule has 0 aliphatic carbocycles. The second-order valence-corrected chi connectivity index (χ2v) is 4.97. The highest BCUT2D eigenvalue weighted by Crippen LogP contribution is 2.12. The smallest absolute Gasteiger partial charge is 0.0209 e. The maximum atomic E-state index is 3.58. The molecule has 98 valence electrons. The molecule has 1 aromatic rings. The van der Waals surface area contributed by atoms with Crippen molar-refractivity contribution in [1.29, 1.82) is 0 Å². The van der Waals surface area contributed by atoms with E-state index in [4.69, 9.17) is 0 Å². The van der Waals surface area contributed by atoms with Gasteiger partial charge in [-0.1, -0.05) is 28.1 Å². The lowest BCUT2D eigenvalue weighted by Gasteiger charge is -2.23. The maximum absolute atomic E-state index is 3.58. The fourth-order valence-corrected chi connectivity index (χ4v) is 2.38. The van der Waals surface area contributed by atoms with Crippen LogP contribution in [0.1, 0.15) is 18.4 Å². The van der Waals surface area contributed by atoms with Crippen LogP contribution in [0.25, 0.3) is 0 Å². The summed E-state index contributed by atoms with van der Waals surface area (Å²) >= 11 is 3.49. The van der Waals surface area contributed by atoms with E-state index >= 15 is 0 Å². The Hall–Kier alpha value is 0.200. The summed E-state index contributed by atoms with van der Waals surface area (Å²) < 4.78 is 1.16. The molecule has 1 heterocycles. The topological polar surface area (TPSA) is 24.1 Å². The van der Waals surface area contributed by atoms with Gasteiger partial charge in [-0.25, -0.2) is 0 Å². The molecular formula is C12H19BrCl2N2. The molecule has 1 aliphatic heterocycles. The Labute approximate surface area is 124 Å². The minimum absolute atomic E-state index is 0. The van der Waals surface area contributed by atoms with Crippen molar-refractivity contribution in [3.05, 3.63) is 34.3 Å². The van der Waals surface area contributed by atoms with E-state index in [-0.39, 0.29) is 24.8 Å². The Bertz CT molecular complexity index is 317. The first-order chi connectivity index (χ1) is 7.34. The van der Waals surface area contributed by atoms with Gasteiger partial charge in [-0.05, 0) is 37.1 Å². The Balaban J connectivity index is 0.00000128. The van der Waals surface area contributed by atoms with Crippen LogP contribution in [0.5, 0.6) is 0 Å². The third-order valence-electron chi connectivity index (χ3n) is 2.78. The van der Waals surface area contributed by atoms with E-state index in [0.29, 0.717) is 6.04 Å². The number of hydrogen-bond donors (Lipinski definition) is 2. The molecule has 17 heavy (non-hydrogen) atoms. The number of nitrogens with one attached hydrogen (secondary N) is 2. The highest BCUT2D eigenvalue weighted by molar-refractivity contribution is 9.10. The summed E-state index contributed by atoms with van der Waals surface area (Å²) in [6.45, 7) is 3.24. The molecule has 1 fully saturated rings.